The lowest BCUT2D eigenvalue weighted by molar-refractivity contribution is 0.769. The molecule has 2 heterocycles. The zero-order chi connectivity index (χ0) is 13.6. The first-order chi connectivity index (χ1) is 9.04. The molecule has 2 N–H and O–H groups in total. The normalized spacial score (nSPS) is 13.1. The van der Waals surface area contributed by atoms with Crippen LogP contribution in [0.4, 0.5) is 0 Å². The summed E-state index contributed by atoms with van der Waals surface area (Å²) in [5.41, 5.74) is 10.5. The van der Waals surface area contributed by atoms with Crippen LogP contribution in [0.15, 0.2) is 24.4 Å². The predicted octanol–water partition coefficient (Wildman–Crippen LogP) is 3.09. The molecule has 0 bridgehead atoms. The lowest BCUT2D eigenvalue weighted by Crippen LogP contribution is -2.04. The Labute approximate surface area is 115 Å². The van der Waals surface area contributed by atoms with Gasteiger partial charge in [-0.1, -0.05) is 23.5 Å². The van der Waals surface area contributed by atoms with E-state index < -0.39 is 0 Å². The van der Waals surface area contributed by atoms with E-state index in [1.165, 1.54) is 11.1 Å². The van der Waals surface area contributed by atoms with Crippen LogP contribution in [0, 0.1) is 13.8 Å². The van der Waals surface area contributed by atoms with Crippen molar-refractivity contribution in [1.29, 1.82) is 0 Å². The van der Waals surface area contributed by atoms with Gasteiger partial charge in [-0.2, -0.15) is 5.10 Å². The molecule has 3 aromatic rings. The van der Waals surface area contributed by atoms with E-state index in [2.05, 4.69) is 42.1 Å². The third-order valence-electron chi connectivity index (χ3n) is 3.25. The number of rotatable bonds is 2. The Balaban J connectivity index is 2.05. The van der Waals surface area contributed by atoms with Crippen LogP contribution < -0.4 is 5.73 Å². The Bertz CT molecular complexity index is 708. The van der Waals surface area contributed by atoms with E-state index in [0.717, 1.165) is 21.2 Å². The molecule has 0 radical (unpaired) electrons. The molecular weight excluding hydrogens is 256 g/mol. The molecule has 2 aromatic heterocycles. The first kappa shape index (κ1) is 12.3. The third kappa shape index (κ3) is 2.15. The fourth-order valence-electron chi connectivity index (χ4n) is 1.94. The van der Waals surface area contributed by atoms with E-state index in [1.807, 2.05) is 17.6 Å². The Morgan fingerprint density at radius 3 is 2.68 bits per heavy atom. The molecule has 0 saturated carbocycles. The molecule has 5 heteroatoms. The van der Waals surface area contributed by atoms with Gasteiger partial charge in [0, 0.05) is 5.56 Å². The number of fused-ring (bicyclic) bond motifs is 1. The van der Waals surface area contributed by atoms with Crippen molar-refractivity contribution in [3.05, 3.63) is 40.5 Å². The molecule has 0 aliphatic rings. The number of hydrogen-bond acceptors (Lipinski definition) is 4. The number of aryl methyl sites for hydroxylation is 2. The Morgan fingerprint density at radius 2 is 2.05 bits per heavy atom. The van der Waals surface area contributed by atoms with Crippen molar-refractivity contribution in [2.24, 2.45) is 5.73 Å². The molecule has 19 heavy (non-hydrogen) atoms. The molecule has 0 spiro atoms. The summed E-state index contributed by atoms with van der Waals surface area (Å²) in [6.45, 7) is 6.16. The number of benzene rings is 1. The predicted molar refractivity (Wildman–Crippen MR) is 78.4 cm³/mol. The average molecular weight is 272 g/mol. The number of nitrogens with two attached hydrogens (primary N) is 1. The largest absolute Gasteiger partial charge is 0.322 e. The second kappa shape index (κ2) is 4.43. The van der Waals surface area contributed by atoms with E-state index in [0.29, 0.717) is 0 Å². The minimum Gasteiger partial charge on any atom is -0.322 e. The molecule has 1 unspecified atom stereocenters. The average Bonchev–Trinajstić information content (AvgIpc) is 2.90. The molecule has 1 aromatic carbocycles. The summed E-state index contributed by atoms with van der Waals surface area (Å²) in [6.07, 6.45) is 1.96. The summed E-state index contributed by atoms with van der Waals surface area (Å²) < 4.78 is 1.81. The SMILES string of the molecule is Cc1ccc(-c2cn3nc(C(C)N)sc3n2)cc1C. The number of aromatic nitrogens is 3. The highest BCUT2D eigenvalue weighted by Gasteiger charge is 2.12. The number of imidazole rings is 1. The molecule has 3 rings (SSSR count). The maximum absolute atomic E-state index is 5.83. The van der Waals surface area contributed by atoms with Crippen LogP contribution in [0.2, 0.25) is 0 Å². The summed E-state index contributed by atoms with van der Waals surface area (Å²) in [5.74, 6) is 0. The number of nitrogens with zero attached hydrogens (tertiary/aromatic N) is 3. The lowest BCUT2D eigenvalue weighted by atomic mass is 10.1. The summed E-state index contributed by atoms with van der Waals surface area (Å²) in [7, 11) is 0. The van der Waals surface area contributed by atoms with Gasteiger partial charge >= 0.3 is 0 Å². The van der Waals surface area contributed by atoms with Crippen molar-refractivity contribution in [2.75, 3.05) is 0 Å². The Morgan fingerprint density at radius 1 is 1.26 bits per heavy atom. The van der Waals surface area contributed by atoms with Crippen molar-refractivity contribution in [3.8, 4) is 11.3 Å². The quantitative estimate of drug-likeness (QED) is 0.780. The highest BCUT2D eigenvalue weighted by atomic mass is 32.1. The van der Waals surface area contributed by atoms with Gasteiger partial charge in [-0.3, -0.25) is 0 Å². The van der Waals surface area contributed by atoms with E-state index in [-0.39, 0.29) is 6.04 Å². The zero-order valence-electron chi connectivity index (χ0n) is 11.2. The third-order valence-corrected chi connectivity index (χ3v) is 4.37. The van der Waals surface area contributed by atoms with Gasteiger partial charge in [-0.05, 0) is 38.0 Å². The van der Waals surface area contributed by atoms with Crippen molar-refractivity contribution in [2.45, 2.75) is 26.8 Å². The van der Waals surface area contributed by atoms with Crippen LogP contribution in [0.1, 0.15) is 29.1 Å². The Hall–Kier alpha value is -1.72. The topological polar surface area (TPSA) is 56.2 Å². The zero-order valence-corrected chi connectivity index (χ0v) is 12.0. The lowest BCUT2D eigenvalue weighted by Gasteiger charge is -2.02. The standard InChI is InChI=1S/C14H16N4S/c1-8-4-5-11(6-9(8)2)12-7-18-14(16-12)19-13(17-18)10(3)15/h4-7,10H,15H2,1-3H3. The van der Waals surface area contributed by atoms with Crippen LogP contribution >= 0.6 is 11.3 Å². The van der Waals surface area contributed by atoms with Gasteiger partial charge in [0.15, 0.2) is 0 Å². The summed E-state index contributed by atoms with van der Waals surface area (Å²) in [5, 5.41) is 5.36. The van der Waals surface area contributed by atoms with Gasteiger partial charge < -0.3 is 5.73 Å². The maximum atomic E-state index is 5.83. The minimum absolute atomic E-state index is 0.0447. The molecule has 0 aliphatic carbocycles. The van der Waals surface area contributed by atoms with Crippen molar-refractivity contribution < 1.29 is 0 Å². The molecule has 4 nitrogen and oxygen atoms in total. The van der Waals surface area contributed by atoms with Crippen molar-refractivity contribution in [3.63, 3.8) is 0 Å². The van der Waals surface area contributed by atoms with E-state index in [1.54, 1.807) is 11.3 Å². The molecule has 1 atom stereocenters. The molecular formula is C14H16N4S. The second-order valence-corrected chi connectivity index (χ2v) is 5.87. The van der Waals surface area contributed by atoms with E-state index in [9.17, 15) is 0 Å². The molecule has 0 amide bonds. The van der Waals surface area contributed by atoms with Gasteiger partial charge in [-0.25, -0.2) is 9.50 Å². The molecule has 0 aliphatic heterocycles. The monoisotopic (exact) mass is 272 g/mol. The van der Waals surface area contributed by atoms with Crippen LogP contribution in [-0.4, -0.2) is 14.6 Å². The van der Waals surface area contributed by atoms with Gasteiger partial charge in [0.25, 0.3) is 0 Å². The fraction of sp³-hybridized carbons (Fsp3) is 0.286. The molecule has 0 fully saturated rings. The first-order valence-electron chi connectivity index (χ1n) is 6.24. The van der Waals surface area contributed by atoms with Crippen LogP contribution in [0.3, 0.4) is 0 Å². The molecule has 0 saturated heterocycles. The summed E-state index contributed by atoms with van der Waals surface area (Å²) >= 11 is 1.54. The number of hydrogen-bond donors (Lipinski definition) is 1. The van der Waals surface area contributed by atoms with Gasteiger partial charge in [0.05, 0.1) is 17.9 Å². The highest BCUT2D eigenvalue weighted by molar-refractivity contribution is 7.16. The smallest absolute Gasteiger partial charge is 0.212 e. The van der Waals surface area contributed by atoms with E-state index in [4.69, 9.17) is 5.73 Å². The molecule has 98 valence electrons. The second-order valence-electron chi connectivity index (χ2n) is 4.88. The maximum Gasteiger partial charge on any atom is 0.212 e. The minimum atomic E-state index is -0.0447. The highest BCUT2D eigenvalue weighted by Crippen LogP contribution is 2.25. The van der Waals surface area contributed by atoms with Crippen molar-refractivity contribution >= 4 is 16.3 Å². The van der Waals surface area contributed by atoms with Gasteiger partial charge in [0.1, 0.15) is 5.01 Å². The van der Waals surface area contributed by atoms with Crippen LogP contribution in [0.5, 0.6) is 0 Å². The van der Waals surface area contributed by atoms with Gasteiger partial charge in [-0.15, -0.1) is 0 Å². The first-order valence-corrected chi connectivity index (χ1v) is 7.05. The summed E-state index contributed by atoms with van der Waals surface area (Å²) in [6, 6.07) is 6.34. The Kier molecular flexibility index (Phi) is 2.88. The fourth-order valence-corrected chi connectivity index (χ4v) is 2.77. The van der Waals surface area contributed by atoms with Gasteiger partial charge in [0.2, 0.25) is 4.96 Å². The van der Waals surface area contributed by atoms with Crippen LogP contribution in [0.25, 0.3) is 16.2 Å². The summed E-state index contributed by atoms with van der Waals surface area (Å²) in [4.78, 5) is 5.51. The van der Waals surface area contributed by atoms with Crippen molar-refractivity contribution in [1.82, 2.24) is 14.6 Å². The van der Waals surface area contributed by atoms with E-state index >= 15 is 0 Å². The van der Waals surface area contributed by atoms with Crippen LogP contribution in [-0.2, 0) is 0 Å².